The normalized spacial score (nSPS) is 12.3. The standard InChI is InChI=1S/C22H23ClFN3O4S/c1-14-21(15-5-4-6-18(11-15)26(2)32(3,30)31)19-12-16(22(28)29)7-8-20(19)27(14)13-17(24)9-10-25-23/h4-9,11-12,25H,10,13H2,1-3H3,(H,28,29)/b17-9-. The Balaban J connectivity index is 2.25. The molecule has 0 fully saturated rings. The third-order valence-corrected chi connectivity index (χ3v) is 6.64. The topological polar surface area (TPSA) is 91.6 Å². The van der Waals surface area contributed by atoms with Crippen molar-refractivity contribution in [2.24, 2.45) is 0 Å². The maximum absolute atomic E-state index is 14.5. The van der Waals surface area contributed by atoms with E-state index < -0.39 is 21.8 Å². The number of rotatable bonds is 8. The van der Waals surface area contributed by atoms with E-state index in [1.807, 2.05) is 13.0 Å². The molecule has 0 radical (unpaired) electrons. The number of hydrogen-bond acceptors (Lipinski definition) is 4. The number of halogens is 2. The Kier molecular flexibility index (Phi) is 6.92. The molecule has 0 saturated heterocycles. The SMILES string of the molecule is Cc1c(-c2cccc(N(C)S(C)(=O)=O)c2)c2cc(C(=O)O)ccc2n1C/C(F)=C/CNCl. The highest BCUT2D eigenvalue weighted by Gasteiger charge is 2.20. The lowest BCUT2D eigenvalue weighted by Crippen LogP contribution is -2.24. The van der Waals surface area contributed by atoms with Gasteiger partial charge < -0.3 is 9.67 Å². The van der Waals surface area contributed by atoms with Gasteiger partial charge in [-0.25, -0.2) is 22.4 Å². The molecule has 0 atom stereocenters. The molecule has 170 valence electrons. The molecule has 1 heterocycles. The van der Waals surface area contributed by atoms with Gasteiger partial charge in [0.05, 0.1) is 24.1 Å². The number of aromatic nitrogens is 1. The summed E-state index contributed by atoms with van der Waals surface area (Å²) in [5.41, 5.74) is 3.32. The Morgan fingerprint density at radius 1 is 1.28 bits per heavy atom. The van der Waals surface area contributed by atoms with Crippen molar-refractivity contribution in [3.8, 4) is 11.1 Å². The number of fused-ring (bicyclic) bond motifs is 1. The summed E-state index contributed by atoms with van der Waals surface area (Å²) in [6.07, 6.45) is 2.44. The fourth-order valence-electron chi connectivity index (χ4n) is 3.60. The molecule has 2 N–H and O–H groups in total. The zero-order chi connectivity index (χ0) is 23.6. The summed E-state index contributed by atoms with van der Waals surface area (Å²) < 4.78 is 41.4. The number of anilines is 1. The molecule has 32 heavy (non-hydrogen) atoms. The maximum Gasteiger partial charge on any atom is 0.335 e. The lowest BCUT2D eigenvalue weighted by atomic mass is 10.0. The first-order chi connectivity index (χ1) is 15.0. The van der Waals surface area contributed by atoms with Crippen molar-refractivity contribution >= 4 is 44.4 Å². The molecule has 0 bridgehead atoms. The first kappa shape index (κ1) is 23.8. The van der Waals surface area contributed by atoms with Crippen molar-refractivity contribution in [2.45, 2.75) is 13.5 Å². The van der Waals surface area contributed by atoms with E-state index in [9.17, 15) is 22.7 Å². The molecule has 2 aromatic carbocycles. The fourth-order valence-corrected chi connectivity index (χ4v) is 4.17. The second-order valence-corrected chi connectivity index (χ2v) is 9.63. The van der Waals surface area contributed by atoms with Crippen LogP contribution in [0.3, 0.4) is 0 Å². The summed E-state index contributed by atoms with van der Waals surface area (Å²) in [5.74, 6) is -1.48. The van der Waals surface area contributed by atoms with E-state index in [2.05, 4.69) is 4.84 Å². The molecular weight excluding hydrogens is 457 g/mol. The summed E-state index contributed by atoms with van der Waals surface area (Å²) in [4.78, 5) is 13.9. The van der Waals surface area contributed by atoms with Crippen LogP contribution in [0.25, 0.3) is 22.0 Å². The Labute approximate surface area is 190 Å². The summed E-state index contributed by atoms with van der Waals surface area (Å²) in [7, 11) is -2.01. The third-order valence-electron chi connectivity index (χ3n) is 5.28. The lowest BCUT2D eigenvalue weighted by Gasteiger charge is -2.17. The molecular formula is C22H23ClFN3O4S. The van der Waals surface area contributed by atoms with Gasteiger partial charge in [-0.2, -0.15) is 0 Å². The van der Waals surface area contributed by atoms with Crippen LogP contribution in [0.4, 0.5) is 10.1 Å². The van der Waals surface area contributed by atoms with Crippen LogP contribution in [0.15, 0.2) is 54.4 Å². The summed E-state index contributed by atoms with van der Waals surface area (Å²) in [6, 6.07) is 11.6. The number of allylic oxidation sites excluding steroid dienone is 1. The van der Waals surface area contributed by atoms with Gasteiger partial charge in [-0.1, -0.05) is 12.1 Å². The third kappa shape index (κ3) is 4.79. The Morgan fingerprint density at radius 3 is 2.62 bits per heavy atom. The second kappa shape index (κ2) is 9.32. The zero-order valence-corrected chi connectivity index (χ0v) is 19.3. The minimum atomic E-state index is -3.47. The molecule has 0 aliphatic heterocycles. The van der Waals surface area contributed by atoms with Gasteiger partial charge in [-0.3, -0.25) is 4.31 Å². The van der Waals surface area contributed by atoms with Crippen LogP contribution >= 0.6 is 11.8 Å². The summed E-state index contributed by atoms with van der Waals surface area (Å²) >= 11 is 5.41. The van der Waals surface area contributed by atoms with Crippen LogP contribution in [-0.4, -0.2) is 43.9 Å². The van der Waals surface area contributed by atoms with E-state index in [1.165, 1.54) is 19.2 Å². The molecule has 0 aliphatic rings. The van der Waals surface area contributed by atoms with E-state index in [1.54, 1.807) is 34.9 Å². The number of hydrogen-bond donors (Lipinski definition) is 2. The van der Waals surface area contributed by atoms with Crippen LogP contribution in [0, 0.1) is 6.92 Å². The largest absolute Gasteiger partial charge is 0.478 e. The first-order valence-corrected chi connectivity index (χ1v) is 11.9. The quantitative estimate of drug-likeness (QED) is 0.470. The molecule has 1 aromatic heterocycles. The van der Waals surface area contributed by atoms with Crippen molar-refractivity contribution < 1.29 is 22.7 Å². The number of carbonyl (C=O) groups is 1. The van der Waals surface area contributed by atoms with Gasteiger partial charge in [-0.05, 0) is 60.7 Å². The average molecular weight is 480 g/mol. The van der Waals surface area contributed by atoms with Gasteiger partial charge in [0.1, 0.15) is 5.83 Å². The number of nitrogens with one attached hydrogen (secondary N) is 1. The molecule has 0 unspecified atom stereocenters. The molecule has 0 saturated carbocycles. The van der Waals surface area contributed by atoms with Crippen LogP contribution < -0.4 is 9.14 Å². The molecule has 7 nitrogen and oxygen atoms in total. The van der Waals surface area contributed by atoms with E-state index in [-0.39, 0.29) is 18.7 Å². The Hall–Kier alpha value is -2.88. The van der Waals surface area contributed by atoms with Crippen molar-refractivity contribution in [3.05, 3.63) is 65.6 Å². The first-order valence-electron chi connectivity index (χ1n) is 9.63. The van der Waals surface area contributed by atoms with Crippen LogP contribution in [0.1, 0.15) is 16.1 Å². The highest BCUT2D eigenvalue weighted by atomic mass is 35.5. The highest BCUT2D eigenvalue weighted by molar-refractivity contribution is 7.92. The minimum absolute atomic E-state index is 0.0593. The van der Waals surface area contributed by atoms with E-state index >= 15 is 0 Å². The van der Waals surface area contributed by atoms with Gasteiger partial charge in [0.15, 0.2) is 0 Å². The maximum atomic E-state index is 14.5. The number of nitrogens with zero attached hydrogens (tertiary/aromatic N) is 2. The van der Waals surface area contributed by atoms with Crippen LogP contribution in [-0.2, 0) is 16.6 Å². The van der Waals surface area contributed by atoms with E-state index in [4.69, 9.17) is 11.8 Å². The average Bonchev–Trinajstić information content (AvgIpc) is 3.01. The number of benzene rings is 2. The van der Waals surface area contributed by atoms with E-state index in [0.717, 1.165) is 10.6 Å². The second-order valence-electron chi connectivity index (χ2n) is 7.35. The number of carboxylic acids is 1. The molecule has 3 rings (SSSR count). The minimum Gasteiger partial charge on any atom is -0.478 e. The zero-order valence-electron chi connectivity index (χ0n) is 17.8. The lowest BCUT2D eigenvalue weighted by molar-refractivity contribution is 0.0697. The summed E-state index contributed by atoms with van der Waals surface area (Å²) in [5, 5.41) is 10.1. The molecule has 3 aromatic rings. The predicted molar refractivity (Wildman–Crippen MR) is 125 cm³/mol. The van der Waals surface area contributed by atoms with Crippen molar-refractivity contribution in [2.75, 3.05) is 24.2 Å². The number of carboxylic acid groups (broad SMARTS) is 1. The van der Waals surface area contributed by atoms with Crippen LogP contribution in [0.2, 0.25) is 0 Å². The van der Waals surface area contributed by atoms with Gasteiger partial charge in [0.2, 0.25) is 10.0 Å². The van der Waals surface area contributed by atoms with Gasteiger partial charge in [-0.15, -0.1) is 0 Å². The van der Waals surface area contributed by atoms with Crippen molar-refractivity contribution in [3.63, 3.8) is 0 Å². The van der Waals surface area contributed by atoms with Crippen molar-refractivity contribution in [1.29, 1.82) is 0 Å². The van der Waals surface area contributed by atoms with Crippen LogP contribution in [0.5, 0.6) is 0 Å². The summed E-state index contributed by atoms with van der Waals surface area (Å²) in [6.45, 7) is 1.91. The van der Waals surface area contributed by atoms with E-state index in [0.29, 0.717) is 33.4 Å². The Bertz CT molecular complexity index is 1320. The van der Waals surface area contributed by atoms with Gasteiger partial charge >= 0.3 is 5.97 Å². The molecule has 0 amide bonds. The van der Waals surface area contributed by atoms with Gasteiger partial charge in [0.25, 0.3) is 0 Å². The van der Waals surface area contributed by atoms with Gasteiger partial charge in [0, 0.05) is 35.8 Å². The molecule has 0 spiro atoms. The highest BCUT2D eigenvalue weighted by Crippen LogP contribution is 2.37. The monoisotopic (exact) mass is 479 g/mol. The molecule has 0 aliphatic carbocycles. The van der Waals surface area contributed by atoms with Crippen molar-refractivity contribution in [1.82, 2.24) is 9.40 Å². The predicted octanol–water partition coefficient (Wildman–Crippen LogP) is 4.31. The fraction of sp³-hybridized carbons (Fsp3) is 0.227. The Morgan fingerprint density at radius 2 is 2.00 bits per heavy atom. The number of sulfonamides is 1. The number of aromatic carboxylic acids is 1. The smallest absolute Gasteiger partial charge is 0.335 e. The molecule has 10 heteroatoms.